The first-order valence-electron chi connectivity index (χ1n) is 5.39. The summed E-state index contributed by atoms with van der Waals surface area (Å²) in [6.45, 7) is 1.98. The molecule has 1 aromatic carbocycles. The third kappa shape index (κ3) is 1.47. The van der Waals surface area contributed by atoms with Crippen molar-refractivity contribution >= 4 is 28.3 Å². The number of amides is 1. The molecule has 0 radical (unpaired) electrons. The predicted molar refractivity (Wildman–Crippen MR) is 66.8 cm³/mol. The first-order chi connectivity index (χ1) is 8.15. The van der Waals surface area contributed by atoms with Crippen LogP contribution in [0.5, 0.6) is 0 Å². The van der Waals surface area contributed by atoms with Crippen molar-refractivity contribution in [2.45, 2.75) is 13.3 Å². The highest BCUT2D eigenvalue weighted by Gasteiger charge is 2.24. The largest absolute Gasteiger partial charge is 0.385 e. The molecule has 1 aliphatic heterocycles. The van der Waals surface area contributed by atoms with Crippen LogP contribution in [0.1, 0.15) is 12.1 Å². The number of hydrogen-bond donors (Lipinski definition) is 2. The van der Waals surface area contributed by atoms with Gasteiger partial charge < -0.3 is 10.7 Å². The summed E-state index contributed by atoms with van der Waals surface area (Å²) in [4.78, 5) is 15.0. The smallest absolute Gasteiger partial charge is 0.255 e. The van der Waals surface area contributed by atoms with Crippen LogP contribution in [0.25, 0.3) is 10.9 Å². The molecule has 3 rings (SSSR count). The van der Waals surface area contributed by atoms with Gasteiger partial charge in [-0.3, -0.25) is 4.79 Å². The zero-order valence-electron chi connectivity index (χ0n) is 9.40. The minimum Gasteiger partial charge on any atom is -0.385 e. The molecule has 1 aromatic heterocycles. The van der Waals surface area contributed by atoms with E-state index in [1.165, 1.54) is 5.01 Å². The summed E-state index contributed by atoms with van der Waals surface area (Å²) in [6, 6.07) is 7.74. The lowest BCUT2D eigenvalue weighted by Crippen LogP contribution is -2.19. The van der Waals surface area contributed by atoms with Crippen molar-refractivity contribution in [1.29, 1.82) is 0 Å². The summed E-state index contributed by atoms with van der Waals surface area (Å²) in [5.41, 5.74) is 8.40. The number of hydrogen-bond acceptors (Lipinski definition) is 3. The van der Waals surface area contributed by atoms with E-state index in [0.717, 1.165) is 22.3 Å². The molecule has 5 heteroatoms. The zero-order chi connectivity index (χ0) is 12.0. The molecule has 17 heavy (non-hydrogen) atoms. The quantitative estimate of drug-likeness (QED) is 0.775. The van der Waals surface area contributed by atoms with Crippen molar-refractivity contribution in [2.75, 3.05) is 5.01 Å². The third-order valence-corrected chi connectivity index (χ3v) is 2.80. The number of nitrogens with two attached hydrogens (primary N) is 1. The SMILES string of the molecule is Cc1cc2c(N3N=C(N)CC3=O)cccc2[nH]1. The van der Waals surface area contributed by atoms with Crippen LogP contribution in [0.3, 0.4) is 0 Å². The average molecular weight is 228 g/mol. The maximum Gasteiger partial charge on any atom is 0.255 e. The second-order valence-corrected chi connectivity index (χ2v) is 4.16. The number of rotatable bonds is 1. The van der Waals surface area contributed by atoms with E-state index in [-0.39, 0.29) is 12.3 Å². The van der Waals surface area contributed by atoms with Gasteiger partial charge in [0.1, 0.15) is 5.84 Å². The number of hydrazone groups is 1. The van der Waals surface area contributed by atoms with E-state index in [9.17, 15) is 4.79 Å². The number of amidine groups is 1. The Morgan fingerprint density at radius 2 is 2.29 bits per heavy atom. The van der Waals surface area contributed by atoms with Gasteiger partial charge in [-0.15, -0.1) is 0 Å². The molecule has 0 saturated carbocycles. The number of aromatic amines is 1. The number of nitrogens with zero attached hydrogens (tertiary/aromatic N) is 2. The summed E-state index contributed by atoms with van der Waals surface area (Å²) < 4.78 is 0. The molecule has 0 unspecified atom stereocenters. The van der Waals surface area contributed by atoms with Crippen LogP contribution < -0.4 is 10.7 Å². The van der Waals surface area contributed by atoms with E-state index in [1.54, 1.807) is 0 Å². The predicted octanol–water partition coefficient (Wildman–Crippen LogP) is 1.49. The number of aromatic nitrogens is 1. The van der Waals surface area contributed by atoms with E-state index in [0.29, 0.717) is 5.84 Å². The molecule has 2 heterocycles. The minimum atomic E-state index is -0.0890. The highest BCUT2D eigenvalue weighted by atomic mass is 16.2. The summed E-state index contributed by atoms with van der Waals surface area (Å²) in [5, 5.41) is 6.43. The van der Waals surface area contributed by atoms with Crippen molar-refractivity contribution in [3.8, 4) is 0 Å². The van der Waals surface area contributed by atoms with Gasteiger partial charge in [-0.25, -0.2) is 0 Å². The fourth-order valence-corrected chi connectivity index (χ4v) is 2.10. The maximum absolute atomic E-state index is 11.8. The van der Waals surface area contributed by atoms with Crippen LogP contribution in [0.15, 0.2) is 29.4 Å². The number of nitrogens with one attached hydrogen (secondary N) is 1. The molecule has 1 aliphatic rings. The number of benzene rings is 1. The summed E-state index contributed by atoms with van der Waals surface area (Å²) in [6.07, 6.45) is 0.194. The standard InChI is InChI=1S/C12H12N4O/c1-7-5-8-9(14-7)3-2-4-10(8)16-12(17)6-11(13)15-16/h2-5,14H,6H2,1H3,(H2,13,15). The van der Waals surface area contributed by atoms with Crippen molar-refractivity contribution < 1.29 is 4.79 Å². The molecule has 0 saturated heterocycles. The van der Waals surface area contributed by atoms with Crippen LogP contribution in [0, 0.1) is 6.92 Å². The molecular formula is C12H12N4O. The van der Waals surface area contributed by atoms with Gasteiger partial charge in [-0.1, -0.05) is 6.07 Å². The van der Waals surface area contributed by atoms with Crippen LogP contribution in [0.2, 0.25) is 0 Å². The van der Waals surface area contributed by atoms with Crippen molar-refractivity contribution in [3.63, 3.8) is 0 Å². The number of aryl methyl sites for hydroxylation is 1. The van der Waals surface area contributed by atoms with Gasteiger partial charge in [-0.2, -0.15) is 10.1 Å². The molecule has 0 fully saturated rings. The lowest BCUT2D eigenvalue weighted by Gasteiger charge is -2.12. The van der Waals surface area contributed by atoms with Crippen LogP contribution >= 0.6 is 0 Å². The normalized spacial score (nSPS) is 15.7. The molecule has 0 spiro atoms. The Labute approximate surface area is 97.9 Å². The number of carbonyl (C=O) groups is 1. The number of fused-ring (bicyclic) bond motifs is 1. The van der Waals surface area contributed by atoms with Crippen LogP contribution in [-0.4, -0.2) is 16.7 Å². The van der Waals surface area contributed by atoms with Crippen LogP contribution in [-0.2, 0) is 4.79 Å². The average Bonchev–Trinajstić information content (AvgIpc) is 2.79. The number of H-pyrrole nitrogens is 1. The topological polar surface area (TPSA) is 74.5 Å². The number of carbonyl (C=O) groups excluding carboxylic acids is 1. The molecule has 2 aromatic rings. The molecule has 86 valence electrons. The van der Waals surface area contributed by atoms with E-state index in [1.807, 2.05) is 31.2 Å². The van der Waals surface area contributed by atoms with Gasteiger partial charge in [-0.05, 0) is 25.1 Å². The van der Waals surface area contributed by atoms with Gasteiger partial charge >= 0.3 is 0 Å². The van der Waals surface area contributed by atoms with E-state index < -0.39 is 0 Å². The molecule has 0 aliphatic carbocycles. The third-order valence-electron chi connectivity index (χ3n) is 2.80. The molecule has 3 N–H and O–H groups in total. The van der Waals surface area contributed by atoms with Gasteiger partial charge in [0.2, 0.25) is 0 Å². The monoisotopic (exact) mass is 228 g/mol. The Bertz CT molecular complexity index is 641. The lowest BCUT2D eigenvalue weighted by molar-refractivity contribution is -0.116. The van der Waals surface area contributed by atoms with Crippen molar-refractivity contribution in [2.24, 2.45) is 10.8 Å². The number of anilines is 1. The van der Waals surface area contributed by atoms with E-state index >= 15 is 0 Å². The van der Waals surface area contributed by atoms with Crippen LogP contribution in [0.4, 0.5) is 5.69 Å². The highest BCUT2D eigenvalue weighted by Crippen LogP contribution is 2.29. The minimum absolute atomic E-state index is 0.0890. The fraction of sp³-hybridized carbons (Fsp3) is 0.167. The van der Waals surface area contributed by atoms with Gasteiger partial charge in [0.15, 0.2) is 0 Å². The first kappa shape index (κ1) is 9.89. The summed E-state index contributed by atoms with van der Waals surface area (Å²) in [7, 11) is 0. The molecular weight excluding hydrogens is 216 g/mol. The van der Waals surface area contributed by atoms with Gasteiger partial charge in [0.05, 0.1) is 12.1 Å². The lowest BCUT2D eigenvalue weighted by atomic mass is 10.2. The van der Waals surface area contributed by atoms with Crippen molar-refractivity contribution in [3.05, 3.63) is 30.0 Å². The molecule has 0 atom stereocenters. The Kier molecular flexibility index (Phi) is 1.95. The van der Waals surface area contributed by atoms with Gasteiger partial charge in [0.25, 0.3) is 5.91 Å². The summed E-state index contributed by atoms with van der Waals surface area (Å²) in [5.74, 6) is 0.271. The first-order valence-corrected chi connectivity index (χ1v) is 5.39. The summed E-state index contributed by atoms with van der Waals surface area (Å²) >= 11 is 0. The molecule has 5 nitrogen and oxygen atoms in total. The highest BCUT2D eigenvalue weighted by molar-refractivity contribution is 6.14. The van der Waals surface area contributed by atoms with Crippen molar-refractivity contribution in [1.82, 2.24) is 4.98 Å². The Balaban J connectivity index is 2.20. The van der Waals surface area contributed by atoms with E-state index in [2.05, 4.69) is 10.1 Å². The maximum atomic E-state index is 11.8. The Hall–Kier alpha value is -2.30. The Morgan fingerprint density at radius 3 is 3.00 bits per heavy atom. The van der Waals surface area contributed by atoms with E-state index in [4.69, 9.17) is 5.73 Å². The zero-order valence-corrected chi connectivity index (χ0v) is 9.40. The fourth-order valence-electron chi connectivity index (χ4n) is 2.10. The van der Waals surface area contributed by atoms with Gasteiger partial charge in [0, 0.05) is 16.6 Å². The second kappa shape index (κ2) is 3.35. The molecule has 1 amide bonds. The Morgan fingerprint density at radius 1 is 1.47 bits per heavy atom. The molecule has 0 bridgehead atoms. The second-order valence-electron chi connectivity index (χ2n) is 4.16.